The van der Waals surface area contributed by atoms with Crippen LogP contribution in [0.5, 0.6) is 0 Å². The first-order valence-electron chi connectivity index (χ1n) is 9.25. The van der Waals surface area contributed by atoms with Crippen LogP contribution < -0.4 is 0 Å². The minimum absolute atomic E-state index is 0.0585. The van der Waals surface area contributed by atoms with E-state index in [0.717, 1.165) is 47.3 Å². The number of rotatable bonds is 0. The molecule has 7 aliphatic rings. The maximum Gasteiger partial charge on any atom is 0.317 e. The standard InChI is InChI=1S/C19H19IO3/c20-9-2-1-5-3-6(9)11-10(5)12-7-4-8(13(11)12)15-14(7)16-17(15)19(22)23-18(16)21/h1-2,5-17H,3-4H2. The lowest BCUT2D eigenvalue weighted by atomic mass is 9.40. The Hall–Kier alpha value is -0.390. The summed E-state index contributed by atoms with van der Waals surface area (Å²) in [6.45, 7) is 0. The van der Waals surface area contributed by atoms with Crippen LogP contribution in [-0.4, -0.2) is 15.9 Å². The van der Waals surface area contributed by atoms with E-state index in [4.69, 9.17) is 4.74 Å². The lowest BCUT2D eigenvalue weighted by molar-refractivity contribution is -0.177. The molecule has 0 amide bonds. The third-order valence-corrected chi connectivity index (χ3v) is 10.5. The Labute approximate surface area is 148 Å². The van der Waals surface area contributed by atoms with Crippen LogP contribution in [0.4, 0.5) is 0 Å². The van der Waals surface area contributed by atoms with Gasteiger partial charge in [0, 0.05) is 3.92 Å². The van der Waals surface area contributed by atoms with E-state index in [1.165, 1.54) is 12.8 Å². The first-order chi connectivity index (χ1) is 11.2. The summed E-state index contributed by atoms with van der Waals surface area (Å²) in [6.07, 6.45) is 7.67. The molecule has 4 bridgehead atoms. The quantitative estimate of drug-likeness (QED) is 0.151. The van der Waals surface area contributed by atoms with Gasteiger partial charge in [-0.2, -0.15) is 0 Å². The zero-order valence-corrected chi connectivity index (χ0v) is 14.8. The van der Waals surface area contributed by atoms with Crippen molar-refractivity contribution in [3.05, 3.63) is 12.2 Å². The molecule has 120 valence electrons. The minimum atomic E-state index is -0.196. The number of halogens is 1. The molecule has 13 atom stereocenters. The molecule has 0 spiro atoms. The summed E-state index contributed by atoms with van der Waals surface area (Å²) in [5, 5.41) is 0. The molecule has 0 N–H and O–H groups in total. The van der Waals surface area contributed by atoms with Gasteiger partial charge in [-0.3, -0.25) is 9.59 Å². The van der Waals surface area contributed by atoms with Crippen molar-refractivity contribution >= 4 is 34.5 Å². The SMILES string of the molecule is O=C1OC(=O)C2C1C1C3CC(C21)C1C2C4CC(C=CC4I)C2C31. The van der Waals surface area contributed by atoms with Gasteiger partial charge in [0.05, 0.1) is 11.8 Å². The normalized spacial score (nSPS) is 68.7. The third kappa shape index (κ3) is 1.16. The molecule has 4 heteroatoms. The van der Waals surface area contributed by atoms with Gasteiger partial charge in [0.2, 0.25) is 0 Å². The maximum atomic E-state index is 12.1. The number of cyclic esters (lactones) is 2. The van der Waals surface area contributed by atoms with Crippen molar-refractivity contribution in [1.82, 2.24) is 0 Å². The van der Waals surface area contributed by atoms with Crippen LogP contribution in [0.1, 0.15) is 12.8 Å². The average molecular weight is 422 g/mol. The summed E-state index contributed by atoms with van der Waals surface area (Å²) in [5.74, 6) is 7.12. The zero-order chi connectivity index (χ0) is 15.2. The largest absolute Gasteiger partial charge is 0.393 e. The van der Waals surface area contributed by atoms with Crippen molar-refractivity contribution < 1.29 is 14.3 Å². The Morgan fingerprint density at radius 1 is 0.783 bits per heavy atom. The predicted molar refractivity (Wildman–Crippen MR) is 89.2 cm³/mol. The number of allylic oxidation sites excluding steroid dienone is 2. The third-order valence-electron chi connectivity index (χ3n) is 9.19. The summed E-state index contributed by atoms with van der Waals surface area (Å²) >= 11 is 2.64. The van der Waals surface area contributed by atoms with Gasteiger partial charge in [-0.15, -0.1) is 0 Å². The first-order valence-corrected chi connectivity index (χ1v) is 10.5. The molecule has 0 aromatic heterocycles. The first kappa shape index (κ1) is 12.9. The second-order valence-electron chi connectivity index (χ2n) is 9.21. The van der Waals surface area contributed by atoms with Gasteiger partial charge in [-0.25, -0.2) is 0 Å². The average Bonchev–Trinajstić information content (AvgIpc) is 3.05. The van der Waals surface area contributed by atoms with E-state index in [9.17, 15) is 9.59 Å². The highest BCUT2D eigenvalue weighted by molar-refractivity contribution is 14.1. The fourth-order valence-corrected chi connectivity index (χ4v) is 9.96. The summed E-state index contributed by atoms with van der Waals surface area (Å²) in [7, 11) is 0. The van der Waals surface area contributed by atoms with Crippen molar-refractivity contribution in [2.45, 2.75) is 16.8 Å². The monoisotopic (exact) mass is 422 g/mol. The van der Waals surface area contributed by atoms with Crippen LogP contribution in [0, 0.1) is 71.0 Å². The second kappa shape index (κ2) is 3.73. The summed E-state index contributed by atoms with van der Waals surface area (Å²) in [5.41, 5.74) is 0. The number of fused-ring (bicyclic) bond motifs is 18. The molecule has 6 aliphatic carbocycles. The van der Waals surface area contributed by atoms with Crippen LogP contribution >= 0.6 is 22.6 Å². The zero-order valence-electron chi connectivity index (χ0n) is 12.7. The molecule has 0 radical (unpaired) electrons. The van der Waals surface area contributed by atoms with Crippen LogP contribution in [0.25, 0.3) is 0 Å². The van der Waals surface area contributed by atoms with Crippen LogP contribution in [0.15, 0.2) is 12.2 Å². The maximum absolute atomic E-state index is 12.1. The summed E-state index contributed by atoms with van der Waals surface area (Å²) in [6, 6.07) is 0. The lowest BCUT2D eigenvalue weighted by Gasteiger charge is -2.62. The molecule has 6 fully saturated rings. The molecule has 1 saturated heterocycles. The lowest BCUT2D eigenvalue weighted by Crippen LogP contribution is -2.62. The molecule has 3 nitrogen and oxygen atoms in total. The number of carbonyl (C=O) groups excluding carboxylic acids is 2. The van der Waals surface area contributed by atoms with Gasteiger partial charge in [-0.1, -0.05) is 34.7 Å². The molecule has 13 unspecified atom stereocenters. The fraction of sp³-hybridized carbons (Fsp3) is 0.789. The van der Waals surface area contributed by atoms with E-state index in [0.29, 0.717) is 15.8 Å². The van der Waals surface area contributed by atoms with Gasteiger partial charge in [0.1, 0.15) is 0 Å². The Kier molecular flexibility index (Phi) is 2.09. The van der Waals surface area contributed by atoms with Crippen molar-refractivity contribution in [1.29, 1.82) is 0 Å². The van der Waals surface area contributed by atoms with E-state index in [-0.39, 0.29) is 23.8 Å². The van der Waals surface area contributed by atoms with Crippen LogP contribution in [0.3, 0.4) is 0 Å². The number of hydrogen-bond donors (Lipinski definition) is 0. The van der Waals surface area contributed by atoms with E-state index >= 15 is 0 Å². The Morgan fingerprint density at radius 2 is 1.39 bits per heavy atom. The van der Waals surface area contributed by atoms with Crippen molar-refractivity contribution in [2.75, 3.05) is 0 Å². The van der Waals surface area contributed by atoms with Crippen molar-refractivity contribution in [3.8, 4) is 0 Å². The van der Waals surface area contributed by atoms with Crippen LogP contribution in [0.2, 0.25) is 0 Å². The highest BCUT2D eigenvalue weighted by Crippen LogP contribution is 2.81. The number of carbonyl (C=O) groups is 2. The summed E-state index contributed by atoms with van der Waals surface area (Å²) < 4.78 is 5.71. The van der Waals surface area contributed by atoms with Crippen molar-refractivity contribution in [3.63, 3.8) is 0 Å². The molecule has 5 saturated carbocycles. The molecule has 1 aliphatic heterocycles. The number of hydrogen-bond acceptors (Lipinski definition) is 3. The molecule has 23 heavy (non-hydrogen) atoms. The van der Waals surface area contributed by atoms with Crippen LogP contribution in [-0.2, 0) is 14.3 Å². The van der Waals surface area contributed by atoms with Gasteiger partial charge in [-0.05, 0) is 72.0 Å². The Balaban J connectivity index is 1.29. The molecular formula is C19H19IO3. The van der Waals surface area contributed by atoms with E-state index in [1.807, 2.05) is 0 Å². The van der Waals surface area contributed by atoms with Gasteiger partial charge >= 0.3 is 11.9 Å². The predicted octanol–water partition coefficient (Wildman–Crippen LogP) is 2.69. The highest BCUT2D eigenvalue weighted by atomic mass is 127. The fourth-order valence-electron chi connectivity index (χ4n) is 8.95. The topological polar surface area (TPSA) is 43.4 Å². The van der Waals surface area contributed by atoms with Gasteiger partial charge < -0.3 is 4.74 Å². The van der Waals surface area contributed by atoms with E-state index in [2.05, 4.69) is 34.7 Å². The van der Waals surface area contributed by atoms with E-state index < -0.39 is 0 Å². The molecule has 0 aromatic rings. The summed E-state index contributed by atoms with van der Waals surface area (Å²) in [4.78, 5) is 24.1. The highest BCUT2D eigenvalue weighted by Gasteiger charge is 2.80. The molecule has 1 heterocycles. The molecule has 0 aromatic carbocycles. The van der Waals surface area contributed by atoms with Gasteiger partial charge in [0.25, 0.3) is 0 Å². The number of alkyl halides is 1. The molecule has 7 rings (SSSR count). The van der Waals surface area contributed by atoms with Gasteiger partial charge in [0.15, 0.2) is 0 Å². The Bertz CT molecular complexity index is 701. The van der Waals surface area contributed by atoms with Crippen molar-refractivity contribution in [2.24, 2.45) is 71.0 Å². The second-order valence-corrected chi connectivity index (χ2v) is 10.7. The Morgan fingerprint density at radius 3 is 2.09 bits per heavy atom. The molecular weight excluding hydrogens is 403 g/mol. The number of ether oxygens (including phenoxy) is 1. The van der Waals surface area contributed by atoms with E-state index in [1.54, 1.807) is 0 Å². The number of esters is 2. The smallest absolute Gasteiger partial charge is 0.317 e. The minimum Gasteiger partial charge on any atom is -0.393 e.